The molecule has 0 spiro atoms. The Labute approximate surface area is 94.2 Å². The summed E-state index contributed by atoms with van der Waals surface area (Å²) in [5.74, 6) is 1.05. The third kappa shape index (κ3) is 3.84. The van der Waals surface area contributed by atoms with Gasteiger partial charge in [-0.2, -0.15) is 0 Å². The molecule has 0 aromatic carbocycles. The van der Waals surface area contributed by atoms with Crippen molar-refractivity contribution in [1.29, 1.82) is 0 Å². The molecule has 1 aromatic rings. The predicted octanol–water partition coefficient (Wildman–Crippen LogP) is 3.36. The van der Waals surface area contributed by atoms with Crippen LogP contribution in [0.15, 0.2) is 21.2 Å². The van der Waals surface area contributed by atoms with Crippen LogP contribution < -0.4 is 5.32 Å². The van der Waals surface area contributed by atoms with Crippen molar-refractivity contribution in [3.63, 3.8) is 0 Å². The summed E-state index contributed by atoms with van der Waals surface area (Å²) < 4.78 is 6.43. The monoisotopic (exact) mass is 259 g/mol. The van der Waals surface area contributed by atoms with Gasteiger partial charge in [-0.1, -0.05) is 6.92 Å². The van der Waals surface area contributed by atoms with Crippen LogP contribution in [-0.4, -0.2) is 12.6 Å². The van der Waals surface area contributed by atoms with Crippen molar-refractivity contribution in [2.75, 3.05) is 6.54 Å². The van der Waals surface area contributed by atoms with E-state index in [0.29, 0.717) is 6.04 Å². The molecule has 0 aliphatic carbocycles. The van der Waals surface area contributed by atoms with Gasteiger partial charge in [-0.3, -0.25) is 0 Å². The van der Waals surface area contributed by atoms with E-state index in [1.165, 1.54) is 6.42 Å². The Morgan fingerprint density at radius 2 is 2.36 bits per heavy atom. The van der Waals surface area contributed by atoms with Crippen LogP contribution in [0.5, 0.6) is 0 Å². The second-order valence-electron chi connectivity index (χ2n) is 3.59. The van der Waals surface area contributed by atoms with Crippen molar-refractivity contribution in [3.05, 3.63) is 22.6 Å². The van der Waals surface area contributed by atoms with Gasteiger partial charge in [0, 0.05) is 12.5 Å². The maximum absolute atomic E-state index is 5.34. The average molecular weight is 260 g/mol. The van der Waals surface area contributed by atoms with Gasteiger partial charge in [0.25, 0.3) is 0 Å². The first-order valence-electron chi connectivity index (χ1n) is 5.19. The summed E-state index contributed by atoms with van der Waals surface area (Å²) in [4.78, 5) is 0. The fourth-order valence-corrected chi connectivity index (χ4v) is 1.74. The van der Waals surface area contributed by atoms with Crippen LogP contribution in [0.1, 0.15) is 32.4 Å². The molecule has 1 N–H and O–H groups in total. The third-order valence-electron chi connectivity index (χ3n) is 2.24. The molecule has 14 heavy (non-hydrogen) atoms. The first-order valence-corrected chi connectivity index (χ1v) is 5.98. The lowest BCUT2D eigenvalue weighted by atomic mass is 10.1. The van der Waals surface area contributed by atoms with E-state index >= 15 is 0 Å². The van der Waals surface area contributed by atoms with Crippen molar-refractivity contribution < 1.29 is 4.42 Å². The Bertz CT molecular complexity index is 260. The quantitative estimate of drug-likeness (QED) is 0.848. The molecule has 0 saturated carbocycles. The van der Waals surface area contributed by atoms with Gasteiger partial charge in [0.1, 0.15) is 5.76 Å². The summed E-state index contributed by atoms with van der Waals surface area (Å²) >= 11 is 3.45. The highest BCUT2D eigenvalue weighted by Crippen LogP contribution is 2.19. The summed E-state index contributed by atoms with van der Waals surface area (Å²) in [5.41, 5.74) is 0. The standard InChI is InChI=1S/C11H18BrNO/c1-3-7-13-9(2)4-5-11-10(12)6-8-14-11/h6,8-9,13H,3-5,7H2,1-2H3. The lowest BCUT2D eigenvalue weighted by molar-refractivity contribution is 0.459. The molecule has 0 aliphatic rings. The second-order valence-corrected chi connectivity index (χ2v) is 4.44. The van der Waals surface area contributed by atoms with E-state index in [9.17, 15) is 0 Å². The minimum Gasteiger partial charge on any atom is -0.468 e. The molecule has 0 amide bonds. The SMILES string of the molecule is CCCNC(C)CCc1occc1Br. The molecule has 0 saturated heterocycles. The first kappa shape index (κ1) is 11.8. The molecule has 80 valence electrons. The molecule has 2 nitrogen and oxygen atoms in total. The Morgan fingerprint density at radius 3 is 2.93 bits per heavy atom. The molecule has 1 aromatic heterocycles. The van der Waals surface area contributed by atoms with Crippen molar-refractivity contribution in [2.45, 2.75) is 39.2 Å². The highest BCUT2D eigenvalue weighted by molar-refractivity contribution is 9.10. The van der Waals surface area contributed by atoms with E-state index in [1.807, 2.05) is 6.07 Å². The van der Waals surface area contributed by atoms with Crippen LogP contribution in [0.3, 0.4) is 0 Å². The predicted molar refractivity (Wildman–Crippen MR) is 62.5 cm³/mol. The minimum atomic E-state index is 0.562. The molecular weight excluding hydrogens is 242 g/mol. The summed E-state index contributed by atoms with van der Waals surface area (Å²) in [6.45, 7) is 5.50. The number of furan rings is 1. The highest BCUT2D eigenvalue weighted by atomic mass is 79.9. The van der Waals surface area contributed by atoms with Crippen LogP contribution in [0.2, 0.25) is 0 Å². The summed E-state index contributed by atoms with van der Waals surface area (Å²) in [6.07, 6.45) is 5.02. The first-order chi connectivity index (χ1) is 6.74. The Morgan fingerprint density at radius 1 is 1.57 bits per heavy atom. The second kappa shape index (κ2) is 6.25. The van der Waals surface area contributed by atoms with E-state index in [1.54, 1.807) is 6.26 Å². The zero-order valence-corrected chi connectivity index (χ0v) is 10.4. The number of hydrogen-bond acceptors (Lipinski definition) is 2. The lowest BCUT2D eigenvalue weighted by Gasteiger charge is -2.11. The van der Waals surface area contributed by atoms with Gasteiger partial charge in [0.2, 0.25) is 0 Å². The van der Waals surface area contributed by atoms with Crippen molar-refractivity contribution in [1.82, 2.24) is 5.32 Å². The summed E-state index contributed by atoms with van der Waals surface area (Å²) in [7, 11) is 0. The van der Waals surface area contributed by atoms with Crippen molar-refractivity contribution >= 4 is 15.9 Å². The highest BCUT2D eigenvalue weighted by Gasteiger charge is 2.06. The largest absolute Gasteiger partial charge is 0.468 e. The van der Waals surface area contributed by atoms with Gasteiger partial charge in [-0.25, -0.2) is 0 Å². The van der Waals surface area contributed by atoms with Crippen LogP contribution in [0.25, 0.3) is 0 Å². The van der Waals surface area contributed by atoms with Crippen LogP contribution in [0, 0.1) is 0 Å². The molecule has 0 aliphatic heterocycles. The van der Waals surface area contributed by atoms with E-state index < -0.39 is 0 Å². The average Bonchev–Trinajstić information content (AvgIpc) is 2.58. The molecule has 1 rings (SSSR count). The number of aryl methyl sites for hydroxylation is 1. The molecular formula is C11H18BrNO. The normalized spacial score (nSPS) is 13.1. The van der Waals surface area contributed by atoms with E-state index in [0.717, 1.165) is 29.6 Å². The van der Waals surface area contributed by atoms with Gasteiger partial charge in [-0.15, -0.1) is 0 Å². The Balaban J connectivity index is 2.23. The summed E-state index contributed by atoms with van der Waals surface area (Å²) in [6, 6.07) is 2.51. The maximum Gasteiger partial charge on any atom is 0.117 e. The van der Waals surface area contributed by atoms with Crippen LogP contribution in [-0.2, 0) is 6.42 Å². The minimum absolute atomic E-state index is 0.562. The van der Waals surface area contributed by atoms with E-state index in [2.05, 4.69) is 35.1 Å². The maximum atomic E-state index is 5.34. The van der Waals surface area contributed by atoms with Gasteiger partial charge in [-0.05, 0) is 48.3 Å². The fourth-order valence-electron chi connectivity index (χ4n) is 1.34. The zero-order valence-electron chi connectivity index (χ0n) is 8.85. The van der Waals surface area contributed by atoms with E-state index in [-0.39, 0.29) is 0 Å². The number of hydrogen-bond donors (Lipinski definition) is 1. The smallest absolute Gasteiger partial charge is 0.117 e. The number of rotatable bonds is 6. The molecule has 0 fully saturated rings. The summed E-state index contributed by atoms with van der Waals surface area (Å²) in [5, 5.41) is 3.46. The number of halogens is 1. The Hall–Kier alpha value is -0.280. The molecule has 1 unspecified atom stereocenters. The van der Waals surface area contributed by atoms with Gasteiger partial charge in [0.15, 0.2) is 0 Å². The molecule has 0 bridgehead atoms. The van der Waals surface area contributed by atoms with Crippen molar-refractivity contribution in [3.8, 4) is 0 Å². The number of nitrogens with one attached hydrogen (secondary N) is 1. The molecule has 1 atom stereocenters. The fraction of sp³-hybridized carbons (Fsp3) is 0.636. The van der Waals surface area contributed by atoms with Crippen LogP contribution in [0.4, 0.5) is 0 Å². The van der Waals surface area contributed by atoms with Crippen molar-refractivity contribution in [2.24, 2.45) is 0 Å². The molecule has 0 radical (unpaired) electrons. The molecule has 1 heterocycles. The zero-order chi connectivity index (χ0) is 10.4. The third-order valence-corrected chi connectivity index (χ3v) is 2.94. The lowest BCUT2D eigenvalue weighted by Crippen LogP contribution is -2.27. The van der Waals surface area contributed by atoms with Crippen LogP contribution >= 0.6 is 15.9 Å². The topological polar surface area (TPSA) is 25.2 Å². The Kier molecular flexibility index (Phi) is 5.26. The van der Waals surface area contributed by atoms with Gasteiger partial charge < -0.3 is 9.73 Å². The van der Waals surface area contributed by atoms with Gasteiger partial charge >= 0.3 is 0 Å². The molecule has 3 heteroatoms. The van der Waals surface area contributed by atoms with Gasteiger partial charge in [0.05, 0.1) is 10.7 Å². The van der Waals surface area contributed by atoms with E-state index in [4.69, 9.17) is 4.42 Å².